The van der Waals surface area contributed by atoms with E-state index in [0.717, 1.165) is 24.3 Å². The van der Waals surface area contributed by atoms with Gasteiger partial charge in [0.1, 0.15) is 5.75 Å². The number of hydrogen-bond donors (Lipinski definition) is 0. The van der Waals surface area contributed by atoms with E-state index in [0.29, 0.717) is 5.92 Å². The lowest BCUT2D eigenvalue weighted by Gasteiger charge is -2.29. The zero-order chi connectivity index (χ0) is 22.1. The van der Waals surface area contributed by atoms with Crippen molar-refractivity contribution in [3.8, 4) is 5.75 Å². The van der Waals surface area contributed by atoms with Gasteiger partial charge in [0.2, 0.25) is 0 Å². The molecule has 0 spiro atoms. The Bertz CT molecular complexity index is 757. The van der Waals surface area contributed by atoms with Crippen LogP contribution in [-0.2, 0) is 12.8 Å². The van der Waals surface area contributed by atoms with Crippen molar-refractivity contribution in [3.05, 3.63) is 65.2 Å². The Labute approximate surface area is 185 Å². The van der Waals surface area contributed by atoms with Gasteiger partial charge in [-0.05, 0) is 79.2 Å². The van der Waals surface area contributed by atoms with Crippen LogP contribution in [0.25, 0.3) is 0 Å². The molecule has 0 bridgehead atoms. The third-order valence-corrected chi connectivity index (χ3v) is 6.62. The van der Waals surface area contributed by atoms with Gasteiger partial charge in [0.05, 0.1) is 0 Å². The van der Waals surface area contributed by atoms with E-state index < -0.39 is 6.36 Å². The minimum Gasteiger partial charge on any atom is -0.406 e. The predicted molar refractivity (Wildman–Crippen MR) is 120 cm³/mol. The van der Waals surface area contributed by atoms with Crippen LogP contribution in [0.3, 0.4) is 0 Å². The van der Waals surface area contributed by atoms with E-state index in [9.17, 15) is 13.2 Å². The van der Waals surface area contributed by atoms with E-state index in [2.05, 4.69) is 35.9 Å². The largest absolute Gasteiger partial charge is 0.573 e. The van der Waals surface area contributed by atoms with Crippen LogP contribution < -0.4 is 4.74 Å². The Morgan fingerprint density at radius 1 is 0.774 bits per heavy atom. The lowest BCUT2D eigenvalue weighted by molar-refractivity contribution is -0.274. The van der Waals surface area contributed by atoms with Crippen molar-refractivity contribution >= 4 is 0 Å². The summed E-state index contributed by atoms with van der Waals surface area (Å²) >= 11 is 0. The van der Waals surface area contributed by atoms with Crippen molar-refractivity contribution in [1.82, 2.24) is 0 Å². The molecule has 1 aliphatic carbocycles. The maximum Gasteiger partial charge on any atom is 0.573 e. The van der Waals surface area contributed by atoms with E-state index in [1.807, 2.05) is 0 Å². The number of rotatable bonds is 10. The molecule has 31 heavy (non-hydrogen) atoms. The standard InChI is InChI=1S/C27H35F3O/c1-2-3-4-5-6-21-9-15-24(16-10-21)25-17-11-22(12-18-25)7-8-23-13-19-26(20-14-23)31-27(28,29)30/h11-14,17-21,24H,2-10,15-16H2,1H3/t21-,24-. The average Bonchev–Trinajstić information content (AvgIpc) is 2.76. The van der Waals surface area contributed by atoms with Crippen molar-refractivity contribution in [2.75, 3.05) is 0 Å². The van der Waals surface area contributed by atoms with Crippen molar-refractivity contribution in [2.45, 2.75) is 89.8 Å². The Hall–Kier alpha value is -1.97. The molecule has 3 rings (SSSR count). The molecular weight excluding hydrogens is 397 g/mol. The first-order valence-corrected chi connectivity index (χ1v) is 11.9. The van der Waals surface area contributed by atoms with Crippen LogP contribution in [0.4, 0.5) is 13.2 Å². The van der Waals surface area contributed by atoms with Crippen LogP contribution in [0.2, 0.25) is 0 Å². The summed E-state index contributed by atoms with van der Waals surface area (Å²) in [4.78, 5) is 0. The van der Waals surface area contributed by atoms with Crippen molar-refractivity contribution in [3.63, 3.8) is 0 Å². The summed E-state index contributed by atoms with van der Waals surface area (Å²) in [5.74, 6) is 1.46. The van der Waals surface area contributed by atoms with E-state index >= 15 is 0 Å². The molecule has 2 aromatic rings. The third-order valence-electron chi connectivity index (χ3n) is 6.62. The molecule has 170 valence electrons. The summed E-state index contributed by atoms with van der Waals surface area (Å²) in [6.07, 6.45) is 9.28. The topological polar surface area (TPSA) is 9.23 Å². The van der Waals surface area contributed by atoms with Gasteiger partial charge in [0, 0.05) is 0 Å². The molecule has 1 nitrogen and oxygen atoms in total. The van der Waals surface area contributed by atoms with Gasteiger partial charge in [-0.15, -0.1) is 13.2 Å². The Balaban J connectivity index is 1.41. The molecule has 1 aliphatic rings. The second-order valence-electron chi connectivity index (χ2n) is 9.00. The summed E-state index contributed by atoms with van der Waals surface area (Å²) < 4.78 is 40.7. The van der Waals surface area contributed by atoms with Crippen LogP contribution >= 0.6 is 0 Å². The van der Waals surface area contributed by atoms with Crippen LogP contribution in [0.5, 0.6) is 5.75 Å². The van der Waals surface area contributed by atoms with E-state index in [-0.39, 0.29) is 5.75 Å². The van der Waals surface area contributed by atoms with E-state index in [1.165, 1.54) is 81.0 Å². The number of ether oxygens (including phenoxy) is 1. The molecule has 1 fully saturated rings. The zero-order valence-electron chi connectivity index (χ0n) is 18.6. The first kappa shape index (κ1) is 23.7. The van der Waals surface area contributed by atoms with Gasteiger partial charge in [-0.1, -0.05) is 75.4 Å². The fourth-order valence-corrected chi connectivity index (χ4v) is 4.75. The Morgan fingerprint density at radius 3 is 1.90 bits per heavy atom. The van der Waals surface area contributed by atoms with E-state index in [4.69, 9.17) is 0 Å². The van der Waals surface area contributed by atoms with Crippen molar-refractivity contribution < 1.29 is 17.9 Å². The van der Waals surface area contributed by atoms with Crippen molar-refractivity contribution in [2.24, 2.45) is 5.92 Å². The maximum atomic E-state index is 12.3. The first-order valence-electron chi connectivity index (χ1n) is 11.9. The Kier molecular flexibility index (Phi) is 8.86. The fraction of sp³-hybridized carbons (Fsp3) is 0.556. The molecule has 0 heterocycles. The summed E-state index contributed by atoms with van der Waals surface area (Å²) in [7, 11) is 0. The fourth-order valence-electron chi connectivity index (χ4n) is 4.75. The van der Waals surface area contributed by atoms with Gasteiger partial charge in [0.25, 0.3) is 0 Å². The summed E-state index contributed by atoms with van der Waals surface area (Å²) in [5.41, 5.74) is 3.74. The van der Waals surface area contributed by atoms with Crippen LogP contribution in [0, 0.1) is 5.92 Å². The summed E-state index contributed by atoms with van der Waals surface area (Å²) in [5, 5.41) is 0. The second-order valence-corrected chi connectivity index (χ2v) is 9.00. The van der Waals surface area contributed by atoms with Gasteiger partial charge in [-0.3, -0.25) is 0 Å². The molecule has 0 atom stereocenters. The van der Waals surface area contributed by atoms with Gasteiger partial charge < -0.3 is 4.74 Å². The van der Waals surface area contributed by atoms with Gasteiger partial charge in [-0.2, -0.15) is 0 Å². The molecule has 0 aliphatic heterocycles. The highest BCUT2D eigenvalue weighted by Gasteiger charge is 2.30. The van der Waals surface area contributed by atoms with Gasteiger partial charge >= 0.3 is 6.36 Å². The highest BCUT2D eigenvalue weighted by molar-refractivity contribution is 5.30. The lowest BCUT2D eigenvalue weighted by atomic mass is 9.77. The highest BCUT2D eigenvalue weighted by atomic mass is 19.4. The molecule has 0 aromatic heterocycles. The summed E-state index contributed by atoms with van der Waals surface area (Å²) in [6.45, 7) is 2.27. The molecule has 4 heteroatoms. The van der Waals surface area contributed by atoms with Crippen LogP contribution in [0.15, 0.2) is 48.5 Å². The highest BCUT2D eigenvalue weighted by Crippen LogP contribution is 2.37. The normalized spacial score (nSPS) is 19.4. The monoisotopic (exact) mass is 432 g/mol. The number of alkyl halides is 3. The number of unbranched alkanes of at least 4 members (excludes halogenated alkanes) is 3. The second kappa shape index (κ2) is 11.6. The number of hydrogen-bond acceptors (Lipinski definition) is 1. The molecule has 0 radical (unpaired) electrons. The third kappa shape index (κ3) is 8.23. The molecule has 0 unspecified atom stereocenters. The summed E-state index contributed by atoms with van der Waals surface area (Å²) in [6, 6.07) is 15.2. The molecule has 0 N–H and O–H groups in total. The molecule has 2 aromatic carbocycles. The number of benzene rings is 2. The zero-order valence-corrected chi connectivity index (χ0v) is 18.6. The molecule has 1 saturated carbocycles. The van der Waals surface area contributed by atoms with Gasteiger partial charge in [-0.25, -0.2) is 0 Å². The average molecular weight is 433 g/mol. The minimum atomic E-state index is -4.64. The number of halogens is 3. The maximum absolute atomic E-state index is 12.3. The Morgan fingerprint density at radius 2 is 1.35 bits per heavy atom. The SMILES string of the molecule is CCCCCC[C@H]1CC[C@H](c2ccc(CCc3ccc(OC(F)(F)F)cc3)cc2)CC1. The molecular formula is C27H35F3O. The minimum absolute atomic E-state index is 0.170. The number of aryl methyl sites for hydroxylation is 2. The quantitative estimate of drug-likeness (QED) is 0.341. The first-order chi connectivity index (χ1) is 14.9. The lowest BCUT2D eigenvalue weighted by Crippen LogP contribution is -2.17. The van der Waals surface area contributed by atoms with E-state index in [1.54, 1.807) is 12.1 Å². The molecule has 0 saturated heterocycles. The van der Waals surface area contributed by atoms with Crippen LogP contribution in [0.1, 0.15) is 87.3 Å². The smallest absolute Gasteiger partial charge is 0.406 e. The van der Waals surface area contributed by atoms with Gasteiger partial charge in [0.15, 0.2) is 0 Å². The van der Waals surface area contributed by atoms with Crippen molar-refractivity contribution in [1.29, 1.82) is 0 Å². The molecule has 0 amide bonds. The van der Waals surface area contributed by atoms with Crippen LogP contribution in [-0.4, -0.2) is 6.36 Å². The predicted octanol–water partition coefficient (Wildman–Crippen LogP) is 8.61.